The lowest BCUT2D eigenvalue weighted by atomic mass is 9.92. The largest absolute Gasteiger partial charge is 0.323 e. The first-order valence-electron chi connectivity index (χ1n) is 7.94. The van der Waals surface area contributed by atoms with Crippen LogP contribution in [-0.2, 0) is 11.3 Å². The van der Waals surface area contributed by atoms with Crippen LogP contribution in [0, 0.1) is 0 Å². The molecule has 1 amide bonds. The van der Waals surface area contributed by atoms with E-state index in [0.717, 1.165) is 28.1 Å². The number of benzene rings is 2. The van der Waals surface area contributed by atoms with Crippen LogP contribution in [0.3, 0.4) is 0 Å². The molecule has 5 nitrogen and oxygen atoms in total. The topological polar surface area (TPSA) is 71.0 Å². The van der Waals surface area contributed by atoms with E-state index in [0.29, 0.717) is 18.7 Å². The molecular weight excluding hydrogens is 300 g/mol. The van der Waals surface area contributed by atoms with E-state index in [4.69, 9.17) is 5.84 Å². The lowest BCUT2D eigenvalue weighted by molar-refractivity contribution is -0.118. The Labute approximate surface area is 141 Å². The molecule has 1 heterocycles. The first-order valence-corrected chi connectivity index (χ1v) is 7.94. The smallest absolute Gasteiger partial charge is 0.227 e. The highest BCUT2D eigenvalue weighted by atomic mass is 16.2. The van der Waals surface area contributed by atoms with E-state index in [2.05, 4.69) is 10.1 Å². The van der Waals surface area contributed by atoms with Crippen LogP contribution >= 0.6 is 0 Å². The second kappa shape index (κ2) is 6.66. The molecule has 2 aromatic rings. The van der Waals surface area contributed by atoms with Gasteiger partial charge in [0.25, 0.3) is 0 Å². The predicted molar refractivity (Wildman–Crippen MR) is 97.6 cm³/mol. The molecule has 5 heteroatoms. The number of carbonyl (C=O) groups is 1. The number of fused-ring (bicyclic) bond motifs is 2. The zero-order valence-corrected chi connectivity index (χ0v) is 13.9. The summed E-state index contributed by atoms with van der Waals surface area (Å²) < 4.78 is 0. The number of hydrazone groups is 1. The summed E-state index contributed by atoms with van der Waals surface area (Å²) in [6.07, 6.45) is 0.431. The van der Waals surface area contributed by atoms with Gasteiger partial charge in [-0.15, -0.1) is 0 Å². The fraction of sp³-hybridized carbons (Fsp3) is 0.211. The summed E-state index contributed by atoms with van der Waals surface area (Å²) in [7, 11) is 1.73. The molecule has 1 aliphatic heterocycles. The number of rotatable bonds is 1. The number of nitrogens with two attached hydrogens (primary N) is 1. The molecular formula is C19H20N4O. The maximum absolute atomic E-state index is 12.6. The van der Waals surface area contributed by atoms with Gasteiger partial charge in [-0.3, -0.25) is 9.79 Å². The zero-order valence-electron chi connectivity index (χ0n) is 13.9. The Balaban J connectivity index is 2.32. The van der Waals surface area contributed by atoms with Crippen molar-refractivity contribution in [2.24, 2.45) is 15.9 Å². The van der Waals surface area contributed by atoms with Crippen molar-refractivity contribution in [1.82, 2.24) is 0 Å². The fourth-order valence-corrected chi connectivity index (χ4v) is 3.08. The number of para-hydroxylation sites is 1. The van der Waals surface area contributed by atoms with Crippen molar-refractivity contribution >= 4 is 23.0 Å². The minimum Gasteiger partial charge on any atom is -0.323 e. The lowest BCUT2D eigenvalue weighted by Gasteiger charge is -2.29. The summed E-state index contributed by atoms with van der Waals surface area (Å²) in [6.45, 7) is 2.36. The number of amides is 1. The third kappa shape index (κ3) is 2.58. The van der Waals surface area contributed by atoms with Gasteiger partial charge < -0.3 is 10.7 Å². The fourth-order valence-electron chi connectivity index (χ4n) is 3.08. The summed E-state index contributed by atoms with van der Waals surface area (Å²) >= 11 is 0. The van der Waals surface area contributed by atoms with Gasteiger partial charge in [-0.1, -0.05) is 49.4 Å². The summed E-state index contributed by atoms with van der Waals surface area (Å²) in [6, 6.07) is 15.6. The summed E-state index contributed by atoms with van der Waals surface area (Å²) in [5.74, 6) is 5.78. The highest BCUT2D eigenvalue weighted by molar-refractivity contribution is 6.54. The first kappa shape index (κ1) is 15.9. The summed E-state index contributed by atoms with van der Waals surface area (Å²) in [5.41, 5.74) is 4.93. The normalized spacial score (nSPS) is 17.2. The Bertz CT molecular complexity index is 839. The lowest BCUT2D eigenvalue weighted by Crippen LogP contribution is -2.35. The quantitative estimate of drug-likeness (QED) is 0.648. The Morgan fingerprint density at radius 3 is 2.42 bits per heavy atom. The van der Waals surface area contributed by atoms with Crippen molar-refractivity contribution in [2.75, 3.05) is 11.9 Å². The highest BCUT2D eigenvalue weighted by Gasteiger charge is 2.27. The van der Waals surface area contributed by atoms with E-state index in [1.807, 2.05) is 55.5 Å². The van der Waals surface area contributed by atoms with Gasteiger partial charge in [0.05, 0.1) is 17.9 Å². The predicted octanol–water partition coefficient (Wildman–Crippen LogP) is 2.73. The molecule has 0 fully saturated rings. The summed E-state index contributed by atoms with van der Waals surface area (Å²) in [4.78, 5) is 18.8. The standard InChI is InChI=1S/C19H20N4O/c1-3-17(24)23-12-13-8-4-5-9-14(13)18(21-2)19(22-20)15-10-6-7-11-16(15)23/h4-11H,3,12,20H2,1-2H3/b21-18?,22-19-. The number of anilines is 1. The molecule has 0 spiro atoms. The minimum atomic E-state index is 0.0607. The van der Waals surface area contributed by atoms with Crippen molar-refractivity contribution in [1.29, 1.82) is 0 Å². The van der Waals surface area contributed by atoms with Crippen molar-refractivity contribution in [3.05, 3.63) is 65.2 Å². The minimum absolute atomic E-state index is 0.0607. The van der Waals surface area contributed by atoms with Crippen LogP contribution in [-0.4, -0.2) is 24.4 Å². The molecule has 3 rings (SSSR count). The van der Waals surface area contributed by atoms with Crippen molar-refractivity contribution in [3.8, 4) is 0 Å². The second-order valence-electron chi connectivity index (χ2n) is 5.56. The molecule has 0 saturated carbocycles. The van der Waals surface area contributed by atoms with Crippen LogP contribution in [0.5, 0.6) is 0 Å². The van der Waals surface area contributed by atoms with E-state index < -0.39 is 0 Å². The SMILES string of the molecule is CCC(=O)N1Cc2ccccc2C(=NC)/C(=N\N)c2ccccc21. The van der Waals surface area contributed by atoms with Gasteiger partial charge in [0, 0.05) is 24.6 Å². The van der Waals surface area contributed by atoms with Crippen LogP contribution in [0.4, 0.5) is 5.69 Å². The number of nitrogens with zero attached hydrogens (tertiary/aromatic N) is 3. The molecule has 0 bridgehead atoms. The molecule has 24 heavy (non-hydrogen) atoms. The molecule has 2 N–H and O–H groups in total. The monoisotopic (exact) mass is 320 g/mol. The third-order valence-electron chi connectivity index (χ3n) is 4.23. The van der Waals surface area contributed by atoms with E-state index in [1.54, 1.807) is 11.9 Å². The van der Waals surface area contributed by atoms with Crippen molar-refractivity contribution in [3.63, 3.8) is 0 Å². The highest BCUT2D eigenvalue weighted by Crippen LogP contribution is 2.29. The molecule has 0 saturated heterocycles. The van der Waals surface area contributed by atoms with Crippen LogP contribution in [0.2, 0.25) is 0 Å². The van der Waals surface area contributed by atoms with E-state index in [9.17, 15) is 4.79 Å². The van der Waals surface area contributed by atoms with Gasteiger partial charge in [0.15, 0.2) is 0 Å². The van der Waals surface area contributed by atoms with Gasteiger partial charge in [-0.25, -0.2) is 0 Å². The first-order chi connectivity index (χ1) is 11.7. The molecule has 122 valence electrons. The molecule has 0 radical (unpaired) electrons. The average molecular weight is 320 g/mol. The Kier molecular flexibility index (Phi) is 4.42. The zero-order chi connectivity index (χ0) is 17.1. The van der Waals surface area contributed by atoms with Gasteiger partial charge in [-0.2, -0.15) is 5.10 Å². The Hall–Kier alpha value is -2.95. The molecule has 1 aliphatic rings. The average Bonchev–Trinajstić information content (AvgIpc) is 2.63. The van der Waals surface area contributed by atoms with Crippen molar-refractivity contribution in [2.45, 2.75) is 19.9 Å². The number of carbonyl (C=O) groups excluding carboxylic acids is 1. The van der Waals surface area contributed by atoms with E-state index in [1.165, 1.54) is 0 Å². The number of aliphatic imine (C=N–C) groups is 1. The maximum Gasteiger partial charge on any atom is 0.227 e. The summed E-state index contributed by atoms with van der Waals surface area (Å²) in [5, 5.41) is 4.01. The Morgan fingerprint density at radius 2 is 1.75 bits per heavy atom. The molecule has 2 aromatic carbocycles. The number of hydrogen-bond acceptors (Lipinski definition) is 4. The second-order valence-corrected chi connectivity index (χ2v) is 5.56. The van der Waals surface area contributed by atoms with Gasteiger partial charge >= 0.3 is 0 Å². The molecule has 0 atom stereocenters. The van der Waals surface area contributed by atoms with Gasteiger partial charge in [0.1, 0.15) is 5.71 Å². The van der Waals surface area contributed by atoms with Crippen LogP contribution in [0.15, 0.2) is 58.6 Å². The molecule has 0 aliphatic carbocycles. The molecule has 0 aromatic heterocycles. The van der Waals surface area contributed by atoms with Crippen LogP contribution in [0.25, 0.3) is 0 Å². The van der Waals surface area contributed by atoms with Crippen LogP contribution < -0.4 is 10.7 Å². The van der Waals surface area contributed by atoms with Crippen molar-refractivity contribution < 1.29 is 4.79 Å². The number of hydrogen-bond donors (Lipinski definition) is 1. The van der Waals surface area contributed by atoms with Crippen LogP contribution in [0.1, 0.15) is 30.0 Å². The van der Waals surface area contributed by atoms with Gasteiger partial charge in [-0.05, 0) is 11.6 Å². The third-order valence-corrected chi connectivity index (χ3v) is 4.23. The van der Waals surface area contributed by atoms with E-state index >= 15 is 0 Å². The van der Waals surface area contributed by atoms with Gasteiger partial charge in [0.2, 0.25) is 5.91 Å². The van der Waals surface area contributed by atoms with E-state index in [-0.39, 0.29) is 5.91 Å². The Morgan fingerprint density at radius 1 is 1.08 bits per heavy atom. The molecule has 0 unspecified atom stereocenters. The maximum atomic E-state index is 12.6.